The Balaban J connectivity index is 1.88. The molecule has 2 rings (SSSR count). The van der Waals surface area contributed by atoms with E-state index in [-0.39, 0.29) is 12.6 Å². The predicted molar refractivity (Wildman–Crippen MR) is 93.9 cm³/mol. The molecule has 2 aromatic rings. The highest BCUT2D eigenvalue weighted by atomic mass is 32.2. The van der Waals surface area contributed by atoms with Crippen molar-refractivity contribution in [3.8, 4) is 0 Å². The summed E-state index contributed by atoms with van der Waals surface area (Å²) in [6.45, 7) is 0.240. The summed E-state index contributed by atoms with van der Waals surface area (Å²) in [5.41, 5.74) is 1.57. The van der Waals surface area contributed by atoms with Crippen molar-refractivity contribution in [2.24, 2.45) is 0 Å². The Morgan fingerprint density at radius 3 is 2.78 bits per heavy atom. The molecule has 122 valence electrons. The Bertz CT molecular complexity index is 659. The summed E-state index contributed by atoms with van der Waals surface area (Å²) in [7, 11) is 1.57. The smallest absolute Gasteiger partial charge is 0.313 e. The highest BCUT2D eigenvalue weighted by molar-refractivity contribution is 7.98. The zero-order valence-corrected chi connectivity index (χ0v) is 14.5. The Labute approximate surface area is 143 Å². The maximum atomic E-state index is 11.9. The number of benzene rings is 1. The number of thiophene rings is 1. The number of anilines is 1. The molecule has 1 atom stereocenters. The van der Waals surface area contributed by atoms with Crippen LogP contribution in [0.2, 0.25) is 0 Å². The standard InChI is InChI=1S/C16H18N2O3S2/c1-21-14(11-6-7-23-10-11)9-17-15(19)16(20)18-12-4-3-5-13(8-12)22-2/h3-8,10,14H,9H2,1-2H3,(H,17,19)(H,18,20). The van der Waals surface area contributed by atoms with Crippen LogP contribution < -0.4 is 10.6 Å². The second-order valence-electron chi connectivity index (χ2n) is 4.68. The van der Waals surface area contributed by atoms with Gasteiger partial charge >= 0.3 is 11.8 Å². The van der Waals surface area contributed by atoms with Gasteiger partial charge in [0.05, 0.1) is 0 Å². The molecule has 1 heterocycles. The molecule has 0 fully saturated rings. The summed E-state index contributed by atoms with van der Waals surface area (Å²) < 4.78 is 5.33. The molecule has 5 nitrogen and oxygen atoms in total. The van der Waals surface area contributed by atoms with Crippen LogP contribution in [0.5, 0.6) is 0 Å². The second kappa shape index (κ2) is 8.71. The Morgan fingerprint density at radius 2 is 2.13 bits per heavy atom. The van der Waals surface area contributed by atoms with Gasteiger partial charge in [0.25, 0.3) is 0 Å². The molecule has 0 bridgehead atoms. The van der Waals surface area contributed by atoms with Gasteiger partial charge in [-0.2, -0.15) is 11.3 Å². The fourth-order valence-electron chi connectivity index (χ4n) is 1.95. The lowest BCUT2D eigenvalue weighted by atomic mass is 10.2. The van der Waals surface area contributed by atoms with Gasteiger partial charge in [-0.05, 0) is 46.8 Å². The molecule has 1 unspecified atom stereocenters. The fourth-order valence-corrected chi connectivity index (χ4v) is 3.11. The molecule has 0 spiro atoms. The van der Waals surface area contributed by atoms with Crippen LogP contribution in [0.4, 0.5) is 5.69 Å². The number of rotatable bonds is 6. The van der Waals surface area contributed by atoms with E-state index < -0.39 is 11.8 Å². The minimum Gasteiger partial charge on any atom is -0.375 e. The number of hydrogen-bond donors (Lipinski definition) is 2. The van der Waals surface area contributed by atoms with Crippen molar-refractivity contribution in [2.45, 2.75) is 11.0 Å². The van der Waals surface area contributed by atoms with E-state index in [1.165, 1.54) is 0 Å². The van der Waals surface area contributed by atoms with Gasteiger partial charge in [-0.3, -0.25) is 9.59 Å². The van der Waals surface area contributed by atoms with E-state index in [2.05, 4.69) is 10.6 Å². The van der Waals surface area contributed by atoms with Crippen molar-refractivity contribution in [3.05, 3.63) is 46.7 Å². The third-order valence-electron chi connectivity index (χ3n) is 3.18. The minimum absolute atomic E-state index is 0.240. The van der Waals surface area contributed by atoms with Crippen LogP contribution in [0, 0.1) is 0 Å². The van der Waals surface area contributed by atoms with Gasteiger partial charge in [-0.25, -0.2) is 0 Å². The lowest BCUT2D eigenvalue weighted by Crippen LogP contribution is -2.37. The molecule has 0 aliphatic heterocycles. The van der Waals surface area contributed by atoms with E-state index in [0.717, 1.165) is 10.5 Å². The highest BCUT2D eigenvalue weighted by Crippen LogP contribution is 2.19. The molecular weight excluding hydrogens is 332 g/mol. The quantitative estimate of drug-likeness (QED) is 0.621. The van der Waals surface area contributed by atoms with Crippen LogP contribution in [0.25, 0.3) is 0 Å². The van der Waals surface area contributed by atoms with Crippen LogP contribution in [0.3, 0.4) is 0 Å². The lowest BCUT2D eigenvalue weighted by Gasteiger charge is -2.14. The molecule has 1 aromatic carbocycles. The van der Waals surface area contributed by atoms with E-state index in [1.54, 1.807) is 36.3 Å². The summed E-state index contributed by atoms with van der Waals surface area (Å²) in [5.74, 6) is -1.37. The zero-order valence-electron chi connectivity index (χ0n) is 12.9. The molecule has 2 N–H and O–H groups in total. The van der Waals surface area contributed by atoms with Gasteiger partial charge < -0.3 is 15.4 Å². The molecule has 0 saturated carbocycles. The topological polar surface area (TPSA) is 67.4 Å². The van der Waals surface area contributed by atoms with Crippen molar-refractivity contribution in [1.29, 1.82) is 0 Å². The highest BCUT2D eigenvalue weighted by Gasteiger charge is 2.17. The Morgan fingerprint density at radius 1 is 1.30 bits per heavy atom. The summed E-state index contributed by atoms with van der Waals surface area (Å²) in [6.07, 6.45) is 1.68. The largest absolute Gasteiger partial charge is 0.375 e. The first-order valence-corrected chi connectivity index (χ1v) is 9.09. The number of nitrogens with one attached hydrogen (secondary N) is 2. The van der Waals surface area contributed by atoms with Gasteiger partial charge in [0.2, 0.25) is 0 Å². The molecule has 0 saturated heterocycles. The molecule has 23 heavy (non-hydrogen) atoms. The van der Waals surface area contributed by atoms with Crippen LogP contribution >= 0.6 is 23.1 Å². The maximum Gasteiger partial charge on any atom is 0.313 e. The lowest BCUT2D eigenvalue weighted by molar-refractivity contribution is -0.136. The second-order valence-corrected chi connectivity index (χ2v) is 6.34. The van der Waals surface area contributed by atoms with Crippen LogP contribution in [0.15, 0.2) is 46.0 Å². The number of ether oxygens (including phenoxy) is 1. The SMILES string of the molecule is COC(CNC(=O)C(=O)Nc1cccc(SC)c1)c1ccsc1. The predicted octanol–water partition coefficient (Wildman–Crippen LogP) is 2.91. The third kappa shape index (κ3) is 5.09. The van der Waals surface area contributed by atoms with E-state index >= 15 is 0 Å². The van der Waals surface area contributed by atoms with Gasteiger partial charge in [0.15, 0.2) is 0 Å². The van der Waals surface area contributed by atoms with Crippen molar-refractivity contribution in [2.75, 3.05) is 25.2 Å². The fraction of sp³-hybridized carbons (Fsp3) is 0.250. The van der Waals surface area contributed by atoms with E-state index in [4.69, 9.17) is 4.74 Å². The number of thioether (sulfide) groups is 1. The van der Waals surface area contributed by atoms with Gasteiger partial charge in [0, 0.05) is 24.2 Å². The summed E-state index contributed by atoms with van der Waals surface area (Å²) in [5, 5.41) is 9.08. The molecular formula is C16H18N2O3S2. The third-order valence-corrected chi connectivity index (χ3v) is 4.61. The first kappa shape index (κ1) is 17.5. The number of hydrogen-bond acceptors (Lipinski definition) is 5. The number of carbonyl (C=O) groups is 2. The monoisotopic (exact) mass is 350 g/mol. The molecule has 1 aromatic heterocycles. The average molecular weight is 350 g/mol. The zero-order chi connectivity index (χ0) is 16.7. The maximum absolute atomic E-state index is 11.9. The Kier molecular flexibility index (Phi) is 6.64. The summed E-state index contributed by atoms with van der Waals surface area (Å²) in [6, 6.07) is 9.26. The van der Waals surface area contributed by atoms with Gasteiger partial charge in [-0.15, -0.1) is 11.8 Å². The van der Waals surface area contributed by atoms with Gasteiger partial charge in [0.1, 0.15) is 6.10 Å². The number of amides is 2. The van der Waals surface area contributed by atoms with E-state index in [1.807, 2.05) is 41.3 Å². The molecule has 0 aliphatic rings. The van der Waals surface area contributed by atoms with Crippen molar-refractivity contribution < 1.29 is 14.3 Å². The average Bonchev–Trinajstić information content (AvgIpc) is 3.09. The first-order valence-electron chi connectivity index (χ1n) is 6.92. The van der Waals surface area contributed by atoms with Crippen molar-refractivity contribution in [3.63, 3.8) is 0 Å². The number of methoxy groups -OCH3 is 1. The summed E-state index contributed by atoms with van der Waals surface area (Å²) in [4.78, 5) is 24.9. The first-order chi connectivity index (χ1) is 11.1. The number of carbonyl (C=O) groups excluding carboxylic acids is 2. The van der Waals surface area contributed by atoms with E-state index in [0.29, 0.717) is 5.69 Å². The molecule has 0 aliphatic carbocycles. The minimum atomic E-state index is -0.691. The summed E-state index contributed by atoms with van der Waals surface area (Å²) >= 11 is 3.12. The molecule has 0 radical (unpaired) electrons. The molecule has 7 heteroatoms. The van der Waals surface area contributed by atoms with Crippen LogP contribution in [0.1, 0.15) is 11.7 Å². The molecule has 2 amide bonds. The van der Waals surface area contributed by atoms with E-state index in [9.17, 15) is 9.59 Å². The van der Waals surface area contributed by atoms with Crippen LogP contribution in [-0.2, 0) is 14.3 Å². The van der Waals surface area contributed by atoms with Crippen molar-refractivity contribution >= 4 is 40.6 Å². The van der Waals surface area contributed by atoms with Crippen molar-refractivity contribution in [1.82, 2.24) is 5.32 Å². The van der Waals surface area contributed by atoms with Crippen LogP contribution in [-0.4, -0.2) is 31.7 Å². The van der Waals surface area contributed by atoms with Gasteiger partial charge in [-0.1, -0.05) is 6.07 Å². The Hall–Kier alpha value is -1.83. The normalized spacial score (nSPS) is 11.7.